The molecule has 0 atom stereocenters. The maximum Gasteiger partial charge on any atom is 0.199 e. The predicted molar refractivity (Wildman–Crippen MR) is 44.2 cm³/mol. The summed E-state index contributed by atoms with van der Waals surface area (Å²) in [6.45, 7) is 5.32. The van der Waals surface area contributed by atoms with E-state index in [0.717, 1.165) is 32.7 Å². The van der Waals surface area contributed by atoms with E-state index in [1.807, 2.05) is 6.29 Å². The van der Waals surface area contributed by atoms with Crippen molar-refractivity contribution >= 4 is 6.29 Å². The third kappa shape index (κ3) is 2.99. The van der Waals surface area contributed by atoms with Crippen molar-refractivity contribution in [3.05, 3.63) is 0 Å². The van der Waals surface area contributed by atoms with Gasteiger partial charge in [0.15, 0.2) is 6.29 Å². The summed E-state index contributed by atoms with van der Waals surface area (Å²) in [4.78, 5) is 14.6. The molecule has 0 aromatic heterocycles. The van der Waals surface area contributed by atoms with Crippen LogP contribution in [0.3, 0.4) is 0 Å². The van der Waals surface area contributed by atoms with Gasteiger partial charge in [-0.3, -0.25) is 4.79 Å². The van der Waals surface area contributed by atoms with Gasteiger partial charge in [0.05, 0.1) is 0 Å². The van der Waals surface area contributed by atoms with Gasteiger partial charge >= 0.3 is 0 Å². The molecule has 1 fully saturated rings. The number of piperazine rings is 1. The van der Waals surface area contributed by atoms with Crippen molar-refractivity contribution in [1.82, 2.24) is 9.80 Å². The minimum Gasteiger partial charge on any atom is -0.304 e. The summed E-state index contributed by atoms with van der Waals surface area (Å²) in [5.41, 5.74) is 0. The van der Waals surface area contributed by atoms with Crippen LogP contribution in [-0.4, -0.2) is 55.9 Å². The van der Waals surface area contributed by atoms with E-state index in [0.29, 0.717) is 6.42 Å². The lowest BCUT2D eigenvalue weighted by molar-refractivity contribution is 0.157. The van der Waals surface area contributed by atoms with Crippen LogP contribution in [0.25, 0.3) is 0 Å². The molecule has 0 spiro atoms. The number of rotatable bonds is 3. The largest absolute Gasteiger partial charge is 0.304 e. The molecule has 0 amide bonds. The Balaban J connectivity index is 2.12. The lowest BCUT2D eigenvalue weighted by atomic mass is 10.3. The Bertz CT molecular complexity index is 119. The molecule has 3 heteroatoms. The van der Waals surface area contributed by atoms with E-state index in [1.165, 1.54) is 0 Å². The highest BCUT2D eigenvalue weighted by Crippen LogP contribution is 1.98. The van der Waals surface area contributed by atoms with E-state index in [9.17, 15) is 4.79 Å². The van der Waals surface area contributed by atoms with Crippen molar-refractivity contribution in [3.63, 3.8) is 0 Å². The van der Waals surface area contributed by atoms with Gasteiger partial charge in [0.1, 0.15) is 0 Å². The molecular formula is C8H15N2O. The first-order valence-electron chi connectivity index (χ1n) is 4.09. The Labute approximate surface area is 68.0 Å². The zero-order valence-corrected chi connectivity index (χ0v) is 7.05. The molecule has 1 radical (unpaired) electrons. The number of nitrogens with zero attached hydrogens (tertiary/aromatic N) is 2. The molecule has 0 unspecified atom stereocenters. The summed E-state index contributed by atoms with van der Waals surface area (Å²) >= 11 is 0. The number of likely N-dealkylation sites (N-methyl/N-ethyl adjacent to an activating group) is 1. The molecule has 1 aliphatic heterocycles. The monoisotopic (exact) mass is 155 g/mol. The molecule has 0 bridgehead atoms. The van der Waals surface area contributed by atoms with Crippen LogP contribution in [0.15, 0.2) is 0 Å². The smallest absolute Gasteiger partial charge is 0.199 e. The molecule has 0 aliphatic carbocycles. The number of carbonyl (C=O) groups excluding carboxylic acids is 1. The van der Waals surface area contributed by atoms with E-state index in [2.05, 4.69) is 16.8 Å². The molecule has 1 rings (SSSR count). The van der Waals surface area contributed by atoms with Crippen molar-refractivity contribution in [3.8, 4) is 0 Å². The standard InChI is InChI=1S/C8H15N2O/c1-9-4-6-10(7-5-9)3-2-8-11/h2-7H2,1H3. The second kappa shape index (κ2) is 4.46. The van der Waals surface area contributed by atoms with E-state index < -0.39 is 0 Å². The van der Waals surface area contributed by atoms with E-state index in [-0.39, 0.29) is 0 Å². The summed E-state index contributed by atoms with van der Waals surface area (Å²) in [5.74, 6) is 0. The van der Waals surface area contributed by atoms with Gasteiger partial charge in [0.25, 0.3) is 0 Å². The van der Waals surface area contributed by atoms with E-state index in [4.69, 9.17) is 0 Å². The molecule has 0 saturated carbocycles. The zero-order chi connectivity index (χ0) is 8.10. The highest BCUT2D eigenvalue weighted by molar-refractivity contribution is 5.50. The van der Waals surface area contributed by atoms with E-state index in [1.54, 1.807) is 0 Å². The summed E-state index contributed by atoms with van der Waals surface area (Å²) < 4.78 is 0. The van der Waals surface area contributed by atoms with Gasteiger partial charge in [-0.2, -0.15) is 0 Å². The van der Waals surface area contributed by atoms with Gasteiger partial charge < -0.3 is 9.80 Å². The molecule has 0 N–H and O–H groups in total. The van der Waals surface area contributed by atoms with Gasteiger partial charge in [-0.05, 0) is 7.05 Å². The lowest BCUT2D eigenvalue weighted by Gasteiger charge is -2.31. The maximum atomic E-state index is 9.95. The molecule has 3 nitrogen and oxygen atoms in total. The summed E-state index contributed by atoms with van der Waals surface area (Å²) in [5, 5.41) is 0. The molecule has 0 aromatic carbocycles. The van der Waals surface area contributed by atoms with Crippen molar-refractivity contribution in [2.24, 2.45) is 0 Å². The molecular weight excluding hydrogens is 140 g/mol. The van der Waals surface area contributed by atoms with Crippen molar-refractivity contribution in [1.29, 1.82) is 0 Å². The number of hydrogen-bond acceptors (Lipinski definition) is 3. The Morgan fingerprint density at radius 2 is 1.91 bits per heavy atom. The van der Waals surface area contributed by atoms with Crippen LogP contribution in [0.1, 0.15) is 6.42 Å². The van der Waals surface area contributed by atoms with Crippen LogP contribution in [0.5, 0.6) is 0 Å². The average molecular weight is 155 g/mol. The fourth-order valence-corrected chi connectivity index (χ4v) is 1.28. The summed E-state index contributed by atoms with van der Waals surface area (Å²) in [7, 11) is 2.13. The first-order chi connectivity index (χ1) is 5.33. The van der Waals surface area contributed by atoms with Gasteiger partial charge in [-0.15, -0.1) is 0 Å². The molecule has 1 heterocycles. The minimum atomic E-state index is 0.559. The topological polar surface area (TPSA) is 23.6 Å². The highest BCUT2D eigenvalue weighted by atomic mass is 16.1. The van der Waals surface area contributed by atoms with Gasteiger partial charge in [-0.25, -0.2) is 0 Å². The summed E-state index contributed by atoms with van der Waals surface area (Å²) in [6.07, 6.45) is 2.48. The SMILES string of the molecule is CN1CCN(CC[C]=O)CC1. The molecule has 63 valence electrons. The van der Waals surface area contributed by atoms with Crippen LogP contribution < -0.4 is 0 Å². The molecule has 1 aliphatic rings. The quantitative estimate of drug-likeness (QED) is 0.560. The second-order valence-corrected chi connectivity index (χ2v) is 3.04. The molecule has 0 aromatic rings. The fraction of sp³-hybridized carbons (Fsp3) is 0.875. The van der Waals surface area contributed by atoms with Crippen molar-refractivity contribution in [2.75, 3.05) is 39.8 Å². The zero-order valence-electron chi connectivity index (χ0n) is 7.05. The third-order valence-electron chi connectivity index (χ3n) is 2.13. The van der Waals surface area contributed by atoms with Crippen molar-refractivity contribution < 1.29 is 4.79 Å². The van der Waals surface area contributed by atoms with E-state index >= 15 is 0 Å². The third-order valence-corrected chi connectivity index (χ3v) is 2.13. The van der Waals surface area contributed by atoms with Crippen LogP contribution in [0.2, 0.25) is 0 Å². The average Bonchev–Trinajstić information content (AvgIpc) is 2.04. The normalized spacial score (nSPS) is 21.9. The highest BCUT2D eigenvalue weighted by Gasteiger charge is 2.12. The predicted octanol–water partition coefficient (Wildman–Crippen LogP) is -0.266. The summed E-state index contributed by atoms with van der Waals surface area (Å²) in [6, 6.07) is 0. The van der Waals surface area contributed by atoms with Crippen molar-refractivity contribution in [2.45, 2.75) is 6.42 Å². The first kappa shape index (κ1) is 8.68. The molecule has 1 saturated heterocycles. The lowest BCUT2D eigenvalue weighted by Crippen LogP contribution is -2.44. The Kier molecular flexibility index (Phi) is 3.52. The van der Waals surface area contributed by atoms with Crippen LogP contribution >= 0.6 is 0 Å². The van der Waals surface area contributed by atoms with Crippen LogP contribution in [-0.2, 0) is 4.79 Å². The van der Waals surface area contributed by atoms with Gasteiger partial charge in [0, 0.05) is 39.1 Å². The minimum absolute atomic E-state index is 0.559. The Hall–Kier alpha value is -0.410. The fourth-order valence-electron chi connectivity index (χ4n) is 1.28. The van der Waals surface area contributed by atoms with Crippen LogP contribution in [0.4, 0.5) is 0 Å². The maximum absolute atomic E-state index is 9.95. The second-order valence-electron chi connectivity index (χ2n) is 3.04. The van der Waals surface area contributed by atoms with Gasteiger partial charge in [-0.1, -0.05) is 0 Å². The number of hydrogen-bond donors (Lipinski definition) is 0. The first-order valence-corrected chi connectivity index (χ1v) is 4.09. The Morgan fingerprint density at radius 3 is 2.45 bits per heavy atom. The van der Waals surface area contributed by atoms with Gasteiger partial charge in [0.2, 0.25) is 0 Å². The van der Waals surface area contributed by atoms with Crippen LogP contribution in [0, 0.1) is 0 Å². The Morgan fingerprint density at radius 1 is 1.27 bits per heavy atom. The molecule has 11 heavy (non-hydrogen) atoms.